The molecule has 5 rings (SSSR count). The Labute approximate surface area is 180 Å². The van der Waals surface area contributed by atoms with Crippen LogP contribution in [0.15, 0.2) is 23.5 Å². The van der Waals surface area contributed by atoms with Crippen LogP contribution in [0.5, 0.6) is 0 Å². The minimum Gasteiger partial charge on any atom is -0.427 e. The van der Waals surface area contributed by atoms with Gasteiger partial charge in [0, 0.05) is 19.2 Å². The molecule has 1 unspecified atom stereocenters. The van der Waals surface area contributed by atoms with Crippen LogP contribution in [-0.2, 0) is 10.3 Å². The quantitative estimate of drug-likeness (QED) is 0.650. The summed E-state index contributed by atoms with van der Waals surface area (Å²) >= 11 is 0. The van der Waals surface area contributed by atoms with Crippen molar-refractivity contribution >= 4 is 17.5 Å². The van der Waals surface area contributed by atoms with Crippen LogP contribution < -0.4 is 16.1 Å². The van der Waals surface area contributed by atoms with Crippen LogP contribution in [0.3, 0.4) is 0 Å². The second kappa shape index (κ2) is 7.96. The molecule has 31 heavy (non-hydrogen) atoms. The van der Waals surface area contributed by atoms with Crippen LogP contribution in [0, 0.1) is 6.92 Å². The summed E-state index contributed by atoms with van der Waals surface area (Å²) in [7, 11) is 0. The number of pyridine rings is 1. The molecule has 1 aliphatic carbocycles. The van der Waals surface area contributed by atoms with Crippen molar-refractivity contribution in [1.82, 2.24) is 20.0 Å². The summed E-state index contributed by atoms with van der Waals surface area (Å²) in [6.45, 7) is 3.38. The van der Waals surface area contributed by atoms with Crippen molar-refractivity contribution < 1.29 is 14.7 Å². The molecule has 0 bridgehead atoms. The number of carbonyl (C=O) groups is 1. The molecule has 1 saturated heterocycles. The van der Waals surface area contributed by atoms with Gasteiger partial charge in [-0.05, 0) is 44.2 Å². The van der Waals surface area contributed by atoms with Crippen LogP contribution in [0.2, 0.25) is 0 Å². The van der Waals surface area contributed by atoms with Gasteiger partial charge in [-0.15, -0.1) is 0 Å². The summed E-state index contributed by atoms with van der Waals surface area (Å²) in [5.41, 5.74) is 1.81. The molecule has 1 atom stereocenters. The van der Waals surface area contributed by atoms with E-state index in [4.69, 9.17) is 4.74 Å². The largest absolute Gasteiger partial charge is 0.427 e. The number of anilines is 1. The first-order chi connectivity index (χ1) is 15.1. The lowest BCUT2D eigenvalue weighted by Gasteiger charge is -2.34. The molecule has 2 aromatic rings. The van der Waals surface area contributed by atoms with E-state index in [1.807, 2.05) is 6.92 Å². The van der Waals surface area contributed by atoms with Gasteiger partial charge in [-0.2, -0.15) is 4.73 Å². The minimum absolute atomic E-state index is 0.119. The van der Waals surface area contributed by atoms with Crippen molar-refractivity contribution in [2.45, 2.75) is 63.5 Å². The maximum atomic E-state index is 12.7. The zero-order valence-corrected chi connectivity index (χ0v) is 17.7. The lowest BCUT2D eigenvalue weighted by atomic mass is 9.79. The Kier molecular flexibility index (Phi) is 5.13. The van der Waals surface area contributed by atoms with Gasteiger partial charge in [-0.3, -0.25) is 4.79 Å². The van der Waals surface area contributed by atoms with E-state index in [1.54, 1.807) is 12.1 Å². The van der Waals surface area contributed by atoms with Crippen LogP contribution in [-0.4, -0.2) is 45.1 Å². The lowest BCUT2D eigenvalue weighted by molar-refractivity contribution is 0.0892. The number of nitrogens with one attached hydrogen (secondary N) is 2. The van der Waals surface area contributed by atoms with E-state index < -0.39 is 5.54 Å². The second-order valence-electron chi connectivity index (χ2n) is 8.71. The first-order valence-corrected chi connectivity index (χ1v) is 11.1. The van der Waals surface area contributed by atoms with Crippen LogP contribution in [0.4, 0.5) is 11.6 Å². The monoisotopic (exact) mass is 424 g/mol. The highest BCUT2D eigenvalue weighted by Gasteiger charge is 2.47. The summed E-state index contributed by atoms with van der Waals surface area (Å²) in [4.78, 5) is 25.8. The highest BCUT2D eigenvalue weighted by Crippen LogP contribution is 2.42. The molecule has 2 aliphatic heterocycles. The maximum Gasteiger partial charge on any atom is 0.254 e. The molecule has 9 nitrogen and oxygen atoms in total. The first kappa shape index (κ1) is 20.0. The number of hydrogen-bond acceptors (Lipinski definition) is 7. The van der Waals surface area contributed by atoms with Gasteiger partial charge >= 0.3 is 0 Å². The molecule has 3 aliphatic rings. The molecule has 2 aromatic heterocycles. The van der Waals surface area contributed by atoms with E-state index in [0.29, 0.717) is 34.9 Å². The van der Waals surface area contributed by atoms with Crippen molar-refractivity contribution in [1.29, 1.82) is 0 Å². The van der Waals surface area contributed by atoms with Gasteiger partial charge in [0.05, 0.1) is 22.9 Å². The Morgan fingerprint density at radius 3 is 2.90 bits per heavy atom. The average molecular weight is 425 g/mol. The minimum atomic E-state index is -0.518. The molecule has 2 fully saturated rings. The first-order valence-electron chi connectivity index (χ1n) is 11.1. The Balaban J connectivity index is 1.50. The number of fused-ring (bicyclic) bond motifs is 2. The van der Waals surface area contributed by atoms with Gasteiger partial charge in [0.2, 0.25) is 0 Å². The van der Waals surface area contributed by atoms with Gasteiger partial charge in [-0.25, -0.2) is 15.0 Å². The summed E-state index contributed by atoms with van der Waals surface area (Å²) in [5, 5.41) is 17.5. The van der Waals surface area contributed by atoms with Crippen LogP contribution in [0.25, 0.3) is 0 Å². The molecule has 1 amide bonds. The fourth-order valence-corrected chi connectivity index (χ4v) is 5.04. The summed E-state index contributed by atoms with van der Waals surface area (Å²) < 4.78 is 6.71. The van der Waals surface area contributed by atoms with Crippen molar-refractivity contribution in [3.8, 4) is 0 Å². The molecular formula is C22H28N6O3. The van der Waals surface area contributed by atoms with E-state index >= 15 is 0 Å². The smallest absolute Gasteiger partial charge is 0.254 e. The molecule has 0 aromatic carbocycles. The molecule has 1 spiro atoms. The van der Waals surface area contributed by atoms with E-state index in [9.17, 15) is 10.0 Å². The van der Waals surface area contributed by atoms with Gasteiger partial charge in [0.25, 0.3) is 5.91 Å². The Bertz CT molecular complexity index is 1070. The number of ether oxygens (including phenoxy) is 1. The van der Waals surface area contributed by atoms with Gasteiger partial charge in [0.1, 0.15) is 12.1 Å². The Morgan fingerprint density at radius 1 is 1.29 bits per heavy atom. The fourth-order valence-electron chi connectivity index (χ4n) is 5.04. The second-order valence-corrected chi connectivity index (χ2v) is 8.71. The Hall–Kier alpha value is -2.94. The molecule has 0 radical (unpaired) electrons. The predicted molar refractivity (Wildman–Crippen MR) is 113 cm³/mol. The fraction of sp³-hybridized carbons (Fsp3) is 0.545. The van der Waals surface area contributed by atoms with E-state index in [2.05, 4.69) is 25.6 Å². The maximum absolute atomic E-state index is 12.7. The summed E-state index contributed by atoms with van der Waals surface area (Å²) in [6.07, 6.45) is 8.60. The van der Waals surface area contributed by atoms with Crippen molar-refractivity contribution in [3.05, 3.63) is 40.8 Å². The van der Waals surface area contributed by atoms with Crippen molar-refractivity contribution in [2.24, 2.45) is 4.99 Å². The standard InChI is InChI=1S/C22H28N6O3/c1-14-10-18(26-17-11-16(24-13-25-17)23-12-15-6-5-9-31-15)28(30)20-19(14)21(29)27-22(20)7-3-2-4-8-22/h10-11,13,15,30H,2-9,12H2,1H3,(H,27,29)(H,23,24,25). The van der Waals surface area contributed by atoms with E-state index in [1.165, 1.54) is 6.33 Å². The van der Waals surface area contributed by atoms with Gasteiger partial charge in [-0.1, -0.05) is 19.3 Å². The van der Waals surface area contributed by atoms with Gasteiger partial charge in [0.15, 0.2) is 11.3 Å². The number of aromatic nitrogens is 3. The Morgan fingerprint density at radius 2 is 2.13 bits per heavy atom. The molecule has 4 heterocycles. The number of aryl methyl sites for hydroxylation is 1. The zero-order chi connectivity index (χ0) is 21.4. The third-order valence-electron chi connectivity index (χ3n) is 6.56. The SMILES string of the molecule is Cc1cc(=Nc2cc(NCC3CCCO3)ncn2)n(O)c2c1C(=O)NC21CCCCC1. The van der Waals surface area contributed by atoms with Gasteiger partial charge < -0.3 is 20.6 Å². The molecule has 1 saturated carbocycles. The topological polar surface area (TPSA) is 114 Å². The number of rotatable bonds is 4. The highest BCUT2D eigenvalue weighted by molar-refractivity contribution is 6.00. The molecule has 9 heteroatoms. The lowest BCUT2D eigenvalue weighted by Crippen LogP contribution is -2.43. The third kappa shape index (κ3) is 3.67. The summed E-state index contributed by atoms with van der Waals surface area (Å²) in [6, 6.07) is 3.47. The average Bonchev–Trinajstić information content (AvgIpc) is 3.38. The molecule has 3 N–H and O–H groups in total. The molecular weight excluding hydrogens is 396 g/mol. The normalized spacial score (nSPS) is 22.5. The number of carbonyl (C=O) groups excluding carboxylic acids is 1. The predicted octanol–water partition coefficient (Wildman–Crippen LogP) is 2.55. The van der Waals surface area contributed by atoms with Crippen LogP contribution >= 0.6 is 0 Å². The number of hydrogen-bond donors (Lipinski definition) is 3. The van der Waals surface area contributed by atoms with Crippen molar-refractivity contribution in [3.63, 3.8) is 0 Å². The summed E-state index contributed by atoms with van der Waals surface area (Å²) in [5.74, 6) is 0.973. The van der Waals surface area contributed by atoms with Crippen LogP contribution in [0.1, 0.15) is 66.6 Å². The molecule has 164 valence electrons. The third-order valence-corrected chi connectivity index (χ3v) is 6.56. The zero-order valence-electron chi connectivity index (χ0n) is 17.7. The highest BCUT2D eigenvalue weighted by atomic mass is 16.5. The van der Waals surface area contributed by atoms with E-state index in [0.717, 1.165) is 61.8 Å². The van der Waals surface area contributed by atoms with E-state index in [-0.39, 0.29) is 12.0 Å². The van der Waals surface area contributed by atoms with Crippen molar-refractivity contribution in [2.75, 3.05) is 18.5 Å². The number of amides is 1. The number of nitrogens with zero attached hydrogens (tertiary/aromatic N) is 4.